The molecule has 0 unspecified atom stereocenters. The molecule has 0 bridgehead atoms. The molecule has 0 aliphatic carbocycles. The van der Waals surface area contributed by atoms with Crippen LogP contribution >= 0.6 is 0 Å². The van der Waals surface area contributed by atoms with Crippen molar-refractivity contribution >= 4 is 17.2 Å². The minimum atomic E-state index is -0.517. The average Bonchev–Trinajstić information content (AvgIpc) is 2.45. The van der Waals surface area contributed by atoms with Crippen molar-refractivity contribution in [2.24, 2.45) is 5.73 Å². The van der Waals surface area contributed by atoms with Crippen LogP contribution in [0, 0.1) is 11.2 Å². The Bertz CT molecular complexity index is 643. The predicted molar refractivity (Wildman–Crippen MR) is 78.5 cm³/mol. The van der Waals surface area contributed by atoms with Crippen molar-refractivity contribution in [1.82, 2.24) is 0 Å². The molecule has 2 rings (SSSR count). The number of hydrogen-bond donors (Lipinski definition) is 2. The highest BCUT2D eigenvalue weighted by atomic mass is 19.1. The molecule has 20 heavy (non-hydrogen) atoms. The normalized spacial score (nSPS) is 10.2. The SMILES string of the molecule is COc1ccccc1N(C)c1cccc(F)c1C(=N)N. The van der Waals surface area contributed by atoms with Gasteiger partial charge in [0, 0.05) is 7.05 Å². The minimum Gasteiger partial charge on any atom is -0.495 e. The molecular formula is C15H16FN3O. The summed E-state index contributed by atoms with van der Waals surface area (Å²) in [5, 5.41) is 7.55. The Kier molecular flexibility index (Phi) is 3.89. The highest BCUT2D eigenvalue weighted by Gasteiger charge is 2.17. The van der Waals surface area contributed by atoms with Crippen molar-refractivity contribution in [3.05, 3.63) is 53.8 Å². The molecule has 104 valence electrons. The molecule has 0 heterocycles. The average molecular weight is 273 g/mol. The standard InChI is InChI=1S/C15H16FN3O/c1-19(11-7-3-4-9-13(11)20-2)12-8-5-6-10(16)14(12)15(17)18/h3-9H,1-2H3,(H3,17,18). The second-order valence-corrected chi connectivity index (χ2v) is 4.28. The van der Waals surface area contributed by atoms with Gasteiger partial charge in [-0.05, 0) is 24.3 Å². The largest absolute Gasteiger partial charge is 0.495 e. The van der Waals surface area contributed by atoms with Gasteiger partial charge in [-0.15, -0.1) is 0 Å². The van der Waals surface area contributed by atoms with Crippen LogP contribution in [0.5, 0.6) is 5.75 Å². The predicted octanol–water partition coefficient (Wildman–Crippen LogP) is 2.89. The van der Waals surface area contributed by atoms with E-state index in [2.05, 4.69) is 0 Å². The number of hydrogen-bond acceptors (Lipinski definition) is 3. The van der Waals surface area contributed by atoms with Crippen molar-refractivity contribution in [2.75, 3.05) is 19.1 Å². The summed E-state index contributed by atoms with van der Waals surface area (Å²) in [7, 11) is 3.35. The van der Waals surface area contributed by atoms with Crippen LogP contribution in [0.4, 0.5) is 15.8 Å². The Balaban J connectivity index is 2.57. The van der Waals surface area contributed by atoms with E-state index >= 15 is 0 Å². The molecule has 0 fully saturated rings. The molecule has 0 amide bonds. The highest BCUT2D eigenvalue weighted by molar-refractivity contribution is 6.01. The Morgan fingerprint density at radius 3 is 2.45 bits per heavy atom. The maximum Gasteiger partial charge on any atom is 0.142 e. The molecule has 2 aromatic carbocycles. The third-order valence-corrected chi connectivity index (χ3v) is 3.07. The summed E-state index contributed by atoms with van der Waals surface area (Å²) < 4.78 is 19.2. The maximum atomic E-state index is 13.9. The minimum absolute atomic E-state index is 0.0842. The summed E-state index contributed by atoms with van der Waals surface area (Å²) in [6.07, 6.45) is 0. The summed E-state index contributed by atoms with van der Waals surface area (Å²) in [6, 6.07) is 12.0. The zero-order valence-electron chi connectivity index (χ0n) is 11.4. The van der Waals surface area contributed by atoms with Crippen molar-refractivity contribution < 1.29 is 9.13 Å². The van der Waals surface area contributed by atoms with E-state index < -0.39 is 5.82 Å². The van der Waals surface area contributed by atoms with Crippen LogP contribution in [0.1, 0.15) is 5.56 Å². The molecule has 2 aromatic rings. The third kappa shape index (κ3) is 2.42. The summed E-state index contributed by atoms with van der Waals surface area (Å²) in [4.78, 5) is 1.75. The number of methoxy groups -OCH3 is 1. The van der Waals surface area contributed by atoms with E-state index in [9.17, 15) is 4.39 Å². The van der Waals surface area contributed by atoms with Gasteiger partial charge < -0.3 is 15.4 Å². The molecule has 3 N–H and O–H groups in total. The molecule has 0 saturated heterocycles. The molecule has 0 aliphatic heterocycles. The van der Waals surface area contributed by atoms with Gasteiger partial charge in [0.1, 0.15) is 17.4 Å². The van der Waals surface area contributed by atoms with Crippen LogP contribution in [0.3, 0.4) is 0 Å². The quantitative estimate of drug-likeness (QED) is 0.665. The van der Waals surface area contributed by atoms with E-state index in [1.54, 1.807) is 31.2 Å². The number of anilines is 2. The molecule has 0 radical (unpaired) electrons. The fourth-order valence-electron chi connectivity index (χ4n) is 2.10. The first-order chi connectivity index (χ1) is 9.56. The Labute approximate surface area is 117 Å². The number of nitrogens with zero attached hydrogens (tertiary/aromatic N) is 1. The fraction of sp³-hybridized carbons (Fsp3) is 0.133. The van der Waals surface area contributed by atoms with E-state index in [1.807, 2.05) is 24.3 Å². The van der Waals surface area contributed by atoms with Gasteiger partial charge >= 0.3 is 0 Å². The van der Waals surface area contributed by atoms with Crippen molar-refractivity contribution in [3.8, 4) is 5.75 Å². The van der Waals surface area contributed by atoms with Gasteiger partial charge in [-0.25, -0.2) is 4.39 Å². The van der Waals surface area contributed by atoms with E-state index in [-0.39, 0.29) is 11.4 Å². The third-order valence-electron chi connectivity index (χ3n) is 3.07. The summed E-state index contributed by atoms with van der Waals surface area (Å²) >= 11 is 0. The molecule has 0 aromatic heterocycles. The lowest BCUT2D eigenvalue weighted by Gasteiger charge is -2.24. The van der Waals surface area contributed by atoms with E-state index in [4.69, 9.17) is 15.9 Å². The Morgan fingerprint density at radius 2 is 1.80 bits per heavy atom. The number of nitrogens with two attached hydrogens (primary N) is 1. The smallest absolute Gasteiger partial charge is 0.142 e. The zero-order chi connectivity index (χ0) is 14.7. The summed E-state index contributed by atoms with van der Waals surface area (Å²) in [5.41, 5.74) is 6.85. The lowest BCUT2D eigenvalue weighted by molar-refractivity contribution is 0.415. The zero-order valence-corrected chi connectivity index (χ0v) is 11.4. The summed E-state index contributed by atoms with van der Waals surface area (Å²) in [6.45, 7) is 0. The number of rotatable bonds is 4. The topological polar surface area (TPSA) is 62.3 Å². The van der Waals surface area contributed by atoms with Gasteiger partial charge in [0.25, 0.3) is 0 Å². The van der Waals surface area contributed by atoms with Gasteiger partial charge in [0.2, 0.25) is 0 Å². The number of nitrogens with one attached hydrogen (secondary N) is 1. The lowest BCUT2D eigenvalue weighted by atomic mass is 10.1. The number of nitrogen functional groups attached to an aromatic ring is 1. The number of amidine groups is 1. The molecule has 5 heteroatoms. The van der Waals surface area contributed by atoms with E-state index in [1.165, 1.54) is 6.07 Å². The monoisotopic (exact) mass is 273 g/mol. The second-order valence-electron chi connectivity index (χ2n) is 4.28. The number of ether oxygens (including phenoxy) is 1. The van der Waals surface area contributed by atoms with Crippen LogP contribution in [0.2, 0.25) is 0 Å². The molecule has 0 aliphatic rings. The molecule has 0 saturated carbocycles. The molecule has 0 spiro atoms. The molecule has 0 atom stereocenters. The summed E-state index contributed by atoms with van der Waals surface area (Å²) in [5.74, 6) is -0.162. The van der Waals surface area contributed by atoms with Crippen LogP contribution < -0.4 is 15.4 Å². The van der Waals surface area contributed by atoms with Crippen LogP contribution in [0.15, 0.2) is 42.5 Å². The van der Waals surface area contributed by atoms with E-state index in [0.29, 0.717) is 11.4 Å². The van der Waals surface area contributed by atoms with Gasteiger partial charge in [-0.2, -0.15) is 0 Å². The van der Waals surface area contributed by atoms with Gasteiger partial charge in [-0.1, -0.05) is 18.2 Å². The first kappa shape index (κ1) is 13.9. The molecular weight excluding hydrogens is 257 g/mol. The first-order valence-corrected chi connectivity index (χ1v) is 6.06. The van der Waals surface area contributed by atoms with E-state index in [0.717, 1.165) is 5.69 Å². The fourth-order valence-corrected chi connectivity index (χ4v) is 2.10. The maximum absolute atomic E-state index is 13.9. The van der Waals surface area contributed by atoms with Crippen molar-refractivity contribution in [2.45, 2.75) is 0 Å². The lowest BCUT2D eigenvalue weighted by Crippen LogP contribution is -2.20. The Hall–Kier alpha value is -2.56. The van der Waals surface area contributed by atoms with Crippen LogP contribution in [0.25, 0.3) is 0 Å². The van der Waals surface area contributed by atoms with Crippen molar-refractivity contribution in [1.29, 1.82) is 5.41 Å². The molecule has 4 nitrogen and oxygen atoms in total. The Morgan fingerprint density at radius 1 is 1.15 bits per heavy atom. The van der Waals surface area contributed by atoms with Gasteiger partial charge in [0.05, 0.1) is 24.0 Å². The number of halogens is 1. The number of para-hydroxylation sites is 2. The number of benzene rings is 2. The second kappa shape index (κ2) is 5.61. The first-order valence-electron chi connectivity index (χ1n) is 6.06. The van der Waals surface area contributed by atoms with Crippen molar-refractivity contribution in [3.63, 3.8) is 0 Å². The van der Waals surface area contributed by atoms with Crippen LogP contribution in [-0.2, 0) is 0 Å². The highest BCUT2D eigenvalue weighted by Crippen LogP contribution is 2.34. The van der Waals surface area contributed by atoms with Crippen LogP contribution in [-0.4, -0.2) is 20.0 Å². The van der Waals surface area contributed by atoms with Gasteiger partial charge in [0.15, 0.2) is 0 Å². The van der Waals surface area contributed by atoms with Gasteiger partial charge in [-0.3, -0.25) is 5.41 Å².